The minimum Gasteiger partial charge on any atom is -0.419 e. The van der Waals surface area contributed by atoms with Crippen LogP contribution in [0.25, 0.3) is 11.5 Å². The highest BCUT2D eigenvalue weighted by atomic mass is 79.9. The zero-order valence-corrected chi connectivity index (χ0v) is 16.7. The molecule has 0 bridgehead atoms. The second-order valence-corrected chi connectivity index (χ2v) is 8.25. The van der Waals surface area contributed by atoms with Crippen molar-refractivity contribution in [2.24, 2.45) is 0 Å². The molecule has 0 saturated carbocycles. The van der Waals surface area contributed by atoms with E-state index >= 15 is 0 Å². The van der Waals surface area contributed by atoms with Gasteiger partial charge in [0, 0.05) is 29.0 Å². The van der Waals surface area contributed by atoms with Crippen LogP contribution < -0.4 is 0 Å². The van der Waals surface area contributed by atoms with Crippen molar-refractivity contribution in [3.8, 4) is 11.5 Å². The lowest BCUT2D eigenvalue weighted by molar-refractivity contribution is 0.0653. The molecule has 1 unspecified atom stereocenters. The number of nitrogens with zero attached hydrogens (tertiary/aromatic N) is 3. The van der Waals surface area contributed by atoms with Gasteiger partial charge in [-0.15, -0.1) is 21.5 Å². The van der Waals surface area contributed by atoms with Crippen LogP contribution in [0.15, 0.2) is 50.7 Å². The van der Waals surface area contributed by atoms with E-state index in [1.165, 1.54) is 4.88 Å². The number of hydrogen-bond acceptors (Lipinski definition) is 6. The molecule has 1 aliphatic heterocycles. The van der Waals surface area contributed by atoms with Gasteiger partial charge in [-0.1, -0.05) is 18.2 Å². The average Bonchev–Trinajstić information content (AvgIpc) is 3.38. The third kappa shape index (κ3) is 4.40. The van der Waals surface area contributed by atoms with Crippen molar-refractivity contribution < 1.29 is 9.15 Å². The van der Waals surface area contributed by atoms with Gasteiger partial charge in [-0.25, -0.2) is 0 Å². The molecular weight excluding hydrogens is 414 g/mol. The van der Waals surface area contributed by atoms with Gasteiger partial charge in [0.25, 0.3) is 0 Å². The molecule has 1 aliphatic rings. The highest BCUT2D eigenvalue weighted by Gasteiger charge is 2.22. The quantitative estimate of drug-likeness (QED) is 0.538. The summed E-state index contributed by atoms with van der Waals surface area (Å²) < 4.78 is 12.7. The number of benzene rings is 1. The van der Waals surface area contributed by atoms with Crippen LogP contribution in [0.1, 0.15) is 23.6 Å². The van der Waals surface area contributed by atoms with E-state index in [4.69, 9.17) is 9.15 Å². The van der Waals surface area contributed by atoms with Crippen molar-refractivity contribution in [3.63, 3.8) is 0 Å². The Morgan fingerprint density at radius 2 is 2.08 bits per heavy atom. The highest BCUT2D eigenvalue weighted by Crippen LogP contribution is 2.27. The molecule has 1 atom stereocenters. The van der Waals surface area contributed by atoms with Crippen molar-refractivity contribution >= 4 is 27.3 Å². The summed E-state index contributed by atoms with van der Waals surface area (Å²) in [7, 11) is 0. The summed E-state index contributed by atoms with van der Waals surface area (Å²) in [5.74, 6) is 1.17. The monoisotopic (exact) mass is 433 g/mol. The van der Waals surface area contributed by atoms with E-state index in [0.717, 1.165) is 42.6 Å². The molecule has 0 N–H and O–H groups in total. The Morgan fingerprint density at radius 3 is 2.85 bits per heavy atom. The molecule has 0 spiro atoms. The van der Waals surface area contributed by atoms with Crippen molar-refractivity contribution in [1.82, 2.24) is 15.1 Å². The molecule has 4 rings (SSSR count). The predicted octanol–water partition coefficient (Wildman–Crippen LogP) is 4.74. The highest BCUT2D eigenvalue weighted by molar-refractivity contribution is 9.10. The molecule has 3 heterocycles. The van der Waals surface area contributed by atoms with Crippen LogP contribution in [0.3, 0.4) is 0 Å². The summed E-state index contributed by atoms with van der Waals surface area (Å²) in [4.78, 5) is 3.66. The summed E-state index contributed by atoms with van der Waals surface area (Å²) in [5.41, 5.74) is 0.912. The SMILES string of the molecule is Brc1ccccc1-c1nnc(CN(Cc2cccs2)CC2CCCO2)o1. The normalized spacial score (nSPS) is 17.2. The number of aromatic nitrogens is 2. The van der Waals surface area contributed by atoms with Gasteiger partial charge >= 0.3 is 0 Å². The fraction of sp³-hybridized carbons (Fsp3) is 0.368. The van der Waals surface area contributed by atoms with E-state index in [-0.39, 0.29) is 0 Å². The zero-order chi connectivity index (χ0) is 17.8. The Bertz CT molecular complexity index is 831. The first-order valence-corrected chi connectivity index (χ1v) is 10.4. The number of halogens is 1. The maximum atomic E-state index is 5.93. The van der Waals surface area contributed by atoms with Gasteiger partial charge < -0.3 is 9.15 Å². The third-order valence-electron chi connectivity index (χ3n) is 4.38. The number of ether oxygens (including phenoxy) is 1. The van der Waals surface area contributed by atoms with Crippen molar-refractivity contribution in [2.45, 2.75) is 32.0 Å². The molecule has 26 heavy (non-hydrogen) atoms. The molecule has 7 heteroatoms. The fourth-order valence-corrected chi connectivity index (χ4v) is 4.34. The van der Waals surface area contributed by atoms with Gasteiger partial charge in [-0.2, -0.15) is 0 Å². The van der Waals surface area contributed by atoms with Crippen molar-refractivity contribution in [2.75, 3.05) is 13.2 Å². The summed E-state index contributed by atoms with van der Waals surface area (Å²) in [5, 5.41) is 10.6. The van der Waals surface area contributed by atoms with Crippen LogP contribution in [0.4, 0.5) is 0 Å². The van der Waals surface area contributed by atoms with E-state index in [1.807, 2.05) is 24.3 Å². The first-order valence-electron chi connectivity index (χ1n) is 8.71. The zero-order valence-electron chi connectivity index (χ0n) is 14.3. The van der Waals surface area contributed by atoms with E-state index in [9.17, 15) is 0 Å². The third-order valence-corrected chi connectivity index (χ3v) is 5.93. The van der Waals surface area contributed by atoms with Crippen LogP contribution in [0.5, 0.6) is 0 Å². The Labute approximate surface area is 165 Å². The van der Waals surface area contributed by atoms with Gasteiger partial charge in [-0.05, 0) is 52.4 Å². The molecule has 1 saturated heterocycles. The summed E-state index contributed by atoms with van der Waals surface area (Å²) >= 11 is 5.31. The van der Waals surface area contributed by atoms with E-state index in [0.29, 0.717) is 24.4 Å². The molecule has 1 fully saturated rings. The smallest absolute Gasteiger partial charge is 0.248 e. The van der Waals surface area contributed by atoms with Crippen LogP contribution >= 0.6 is 27.3 Å². The Kier molecular flexibility index (Phi) is 5.79. The average molecular weight is 434 g/mol. The lowest BCUT2D eigenvalue weighted by atomic mass is 10.2. The number of rotatable bonds is 7. The first kappa shape index (κ1) is 17.9. The van der Waals surface area contributed by atoms with Crippen molar-refractivity contribution in [3.05, 3.63) is 57.0 Å². The lowest BCUT2D eigenvalue weighted by Gasteiger charge is -2.23. The Balaban J connectivity index is 1.48. The standard InChI is InChI=1S/C19H20BrN3O2S/c20-17-8-2-1-7-16(17)19-22-21-18(25-19)13-23(11-14-5-3-9-24-14)12-15-6-4-10-26-15/h1-2,4,6-8,10,14H,3,5,9,11-13H2. The van der Waals surface area contributed by atoms with Crippen LogP contribution in [0, 0.1) is 0 Å². The molecule has 0 radical (unpaired) electrons. The van der Waals surface area contributed by atoms with E-state index in [1.54, 1.807) is 11.3 Å². The van der Waals surface area contributed by atoms with Crippen LogP contribution in [0.2, 0.25) is 0 Å². The van der Waals surface area contributed by atoms with Gasteiger partial charge in [0.2, 0.25) is 11.8 Å². The molecular formula is C19H20BrN3O2S. The predicted molar refractivity (Wildman–Crippen MR) is 105 cm³/mol. The first-order chi connectivity index (χ1) is 12.8. The van der Waals surface area contributed by atoms with Crippen molar-refractivity contribution in [1.29, 1.82) is 0 Å². The van der Waals surface area contributed by atoms with E-state index in [2.05, 4.69) is 48.5 Å². The van der Waals surface area contributed by atoms with Gasteiger partial charge in [-0.3, -0.25) is 4.90 Å². The minimum absolute atomic E-state index is 0.292. The van der Waals surface area contributed by atoms with Crippen LogP contribution in [-0.2, 0) is 17.8 Å². The summed E-state index contributed by atoms with van der Waals surface area (Å²) in [6.07, 6.45) is 2.55. The molecule has 3 aromatic rings. The second kappa shape index (κ2) is 8.43. The summed E-state index contributed by atoms with van der Waals surface area (Å²) in [6.45, 7) is 3.23. The summed E-state index contributed by atoms with van der Waals surface area (Å²) in [6, 6.07) is 12.1. The largest absolute Gasteiger partial charge is 0.419 e. The Hall–Kier alpha value is -1.54. The number of thiophene rings is 1. The fourth-order valence-electron chi connectivity index (χ4n) is 3.14. The van der Waals surface area contributed by atoms with Gasteiger partial charge in [0.15, 0.2) is 0 Å². The van der Waals surface area contributed by atoms with Gasteiger partial charge in [0.05, 0.1) is 18.2 Å². The molecule has 5 nitrogen and oxygen atoms in total. The minimum atomic E-state index is 0.292. The maximum Gasteiger partial charge on any atom is 0.248 e. The maximum absolute atomic E-state index is 5.93. The molecule has 0 amide bonds. The van der Waals surface area contributed by atoms with E-state index < -0.39 is 0 Å². The lowest BCUT2D eigenvalue weighted by Crippen LogP contribution is -2.31. The Morgan fingerprint density at radius 1 is 1.15 bits per heavy atom. The second-order valence-electron chi connectivity index (χ2n) is 6.36. The molecule has 0 aliphatic carbocycles. The molecule has 1 aromatic carbocycles. The molecule has 136 valence electrons. The topological polar surface area (TPSA) is 51.4 Å². The number of hydrogen-bond donors (Lipinski definition) is 0. The molecule has 2 aromatic heterocycles. The van der Waals surface area contributed by atoms with Gasteiger partial charge in [0.1, 0.15) is 0 Å². The van der Waals surface area contributed by atoms with Crippen LogP contribution in [-0.4, -0.2) is 34.4 Å².